The summed E-state index contributed by atoms with van der Waals surface area (Å²) in [6.07, 6.45) is 4.50. The summed E-state index contributed by atoms with van der Waals surface area (Å²) in [5, 5.41) is 10.3. The largest absolute Gasteiger partial charge is 0.465 e. The summed E-state index contributed by atoms with van der Waals surface area (Å²) >= 11 is 0. The number of methoxy groups -OCH3 is 2. The second-order valence-electron chi connectivity index (χ2n) is 6.47. The summed E-state index contributed by atoms with van der Waals surface area (Å²) in [7, 11) is 2.49. The fourth-order valence-corrected chi connectivity index (χ4v) is 3.34. The molecule has 10 heteroatoms. The number of nitrogens with zero attached hydrogens (tertiary/aromatic N) is 2. The molecule has 9 nitrogen and oxygen atoms in total. The maximum absolute atomic E-state index is 13.3. The van der Waals surface area contributed by atoms with Crippen molar-refractivity contribution in [3.63, 3.8) is 0 Å². The number of amides is 1. The van der Waals surface area contributed by atoms with Crippen LogP contribution in [0.3, 0.4) is 0 Å². The monoisotopic (exact) mass is 422 g/mol. The fourth-order valence-electron chi connectivity index (χ4n) is 3.34. The lowest BCUT2D eigenvalue weighted by Gasteiger charge is -2.36. The van der Waals surface area contributed by atoms with Gasteiger partial charge < -0.3 is 20.1 Å². The molecular weight excluding hydrogens is 400 g/mol. The highest BCUT2D eigenvalue weighted by Gasteiger charge is 2.42. The zero-order valence-corrected chi connectivity index (χ0v) is 17.0. The van der Waals surface area contributed by atoms with Gasteiger partial charge in [0, 0.05) is 18.1 Å². The molecular formula is C19H23ClN4O5. The average molecular weight is 423 g/mol. The molecule has 0 spiro atoms. The van der Waals surface area contributed by atoms with Crippen molar-refractivity contribution in [1.29, 1.82) is 0 Å². The Balaban J connectivity index is 0.00000300. The van der Waals surface area contributed by atoms with Gasteiger partial charge in [-0.05, 0) is 50.2 Å². The third-order valence-corrected chi connectivity index (χ3v) is 4.83. The number of anilines is 1. The molecule has 156 valence electrons. The highest BCUT2D eigenvalue weighted by atomic mass is 35.5. The zero-order valence-electron chi connectivity index (χ0n) is 16.1. The average Bonchev–Trinajstić information content (AvgIpc) is 3.28. The van der Waals surface area contributed by atoms with Crippen LogP contribution < -0.4 is 10.6 Å². The minimum Gasteiger partial charge on any atom is -0.465 e. The van der Waals surface area contributed by atoms with Gasteiger partial charge in [0.05, 0.1) is 25.3 Å². The van der Waals surface area contributed by atoms with E-state index in [0.717, 1.165) is 0 Å². The molecule has 1 aliphatic rings. The molecule has 1 amide bonds. The van der Waals surface area contributed by atoms with E-state index in [-0.39, 0.29) is 29.4 Å². The van der Waals surface area contributed by atoms with Crippen molar-refractivity contribution in [1.82, 2.24) is 15.1 Å². The maximum atomic E-state index is 13.3. The quantitative estimate of drug-likeness (QED) is 0.704. The molecule has 1 aromatic heterocycles. The Morgan fingerprint density at radius 1 is 1.07 bits per heavy atom. The van der Waals surface area contributed by atoms with E-state index >= 15 is 0 Å². The molecule has 2 heterocycles. The lowest BCUT2D eigenvalue weighted by atomic mass is 9.87. The van der Waals surface area contributed by atoms with Gasteiger partial charge in [-0.2, -0.15) is 5.10 Å². The lowest BCUT2D eigenvalue weighted by Crippen LogP contribution is -2.52. The van der Waals surface area contributed by atoms with Gasteiger partial charge in [0.25, 0.3) is 5.91 Å². The second-order valence-corrected chi connectivity index (χ2v) is 6.47. The minimum absolute atomic E-state index is 0. The maximum Gasteiger partial charge on any atom is 0.337 e. The van der Waals surface area contributed by atoms with Crippen LogP contribution in [-0.4, -0.2) is 54.9 Å². The van der Waals surface area contributed by atoms with E-state index in [9.17, 15) is 14.4 Å². The molecule has 2 aromatic rings. The third-order valence-electron chi connectivity index (χ3n) is 4.83. The number of hydrogen-bond donors (Lipinski definition) is 2. The second kappa shape index (κ2) is 9.53. The smallest absolute Gasteiger partial charge is 0.337 e. The summed E-state index contributed by atoms with van der Waals surface area (Å²) in [4.78, 5) is 37.2. The van der Waals surface area contributed by atoms with Gasteiger partial charge in [-0.3, -0.25) is 9.48 Å². The van der Waals surface area contributed by atoms with Gasteiger partial charge in [0.1, 0.15) is 5.54 Å². The molecule has 0 unspecified atom stereocenters. The van der Waals surface area contributed by atoms with Crippen molar-refractivity contribution >= 4 is 35.9 Å². The van der Waals surface area contributed by atoms with Crippen molar-refractivity contribution in [3.05, 3.63) is 47.8 Å². The summed E-state index contributed by atoms with van der Waals surface area (Å²) < 4.78 is 11.1. The van der Waals surface area contributed by atoms with E-state index < -0.39 is 17.5 Å². The summed E-state index contributed by atoms with van der Waals surface area (Å²) in [6.45, 7) is 1.34. The molecule has 1 aliphatic heterocycles. The lowest BCUT2D eigenvalue weighted by molar-refractivity contribution is -0.126. The Labute approximate surface area is 174 Å². The third kappa shape index (κ3) is 4.57. The molecule has 1 aromatic carbocycles. The van der Waals surface area contributed by atoms with Gasteiger partial charge in [0.2, 0.25) is 0 Å². The van der Waals surface area contributed by atoms with E-state index in [2.05, 4.69) is 15.7 Å². The zero-order chi connectivity index (χ0) is 20.1. The molecule has 29 heavy (non-hydrogen) atoms. The van der Waals surface area contributed by atoms with E-state index in [4.69, 9.17) is 9.47 Å². The molecule has 3 rings (SSSR count). The van der Waals surface area contributed by atoms with Crippen LogP contribution in [0.1, 0.15) is 33.6 Å². The van der Waals surface area contributed by atoms with E-state index in [0.29, 0.717) is 31.6 Å². The molecule has 1 saturated heterocycles. The normalized spacial score (nSPS) is 15.0. The predicted octanol–water partition coefficient (Wildman–Crippen LogP) is 1.60. The van der Waals surface area contributed by atoms with Crippen molar-refractivity contribution in [2.75, 3.05) is 32.6 Å². The number of aromatic nitrogens is 2. The van der Waals surface area contributed by atoms with Crippen molar-refractivity contribution < 1.29 is 23.9 Å². The molecule has 0 aliphatic carbocycles. The Bertz CT molecular complexity index is 844. The summed E-state index contributed by atoms with van der Waals surface area (Å²) in [5.74, 6) is -1.51. The van der Waals surface area contributed by atoms with Gasteiger partial charge in [-0.15, -0.1) is 12.4 Å². The van der Waals surface area contributed by atoms with Crippen molar-refractivity contribution in [2.24, 2.45) is 0 Å². The van der Waals surface area contributed by atoms with Gasteiger partial charge in [-0.25, -0.2) is 9.59 Å². The van der Waals surface area contributed by atoms with Crippen LogP contribution in [0.25, 0.3) is 0 Å². The van der Waals surface area contributed by atoms with Gasteiger partial charge in [0.15, 0.2) is 0 Å². The van der Waals surface area contributed by atoms with Crippen LogP contribution in [0.2, 0.25) is 0 Å². The van der Waals surface area contributed by atoms with Crippen LogP contribution in [0.4, 0.5) is 5.69 Å². The Morgan fingerprint density at radius 3 is 2.14 bits per heavy atom. The Kier molecular flexibility index (Phi) is 7.35. The topological polar surface area (TPSA) is 112 Å². The number of benzene rings is 1. The number of ether oxygens (including phenoxy) is 2. The molecule has 0 saturated carbocycles. The molecule has 0 radical (unpaired) electrons. The highest BCUT2D eigenvalue weighted by Crippen LogP contribution is 2.29. The first kappa shape index (κ1) is 22.4. The van der Waals surface area contributed by atoms with E-state index in [1.54, 1.807) is 23.1 Å². The van der Waals surface area contributed by atoms with Crippen molar-refractivity contribution in [2.45, 2.75) is 18.4 Å². The number of nitrogens with one attached hydrogen (secondary N) is 2. The number of piperidine rings is 1. The standard InChI is InChI=1S/C19H22N4O5.ClH/c1-27-16(24)13-10-14(17(25)28-2)12-15(11-13)22-18(26)19(4-7-20-8-5-19)23-9-3-6-21-23;/h3,6,9-12,20H,4-5,7-8H2,1-2H3,(H,22,26);1H. The first-order valence-corrected chi connectivity index (χ1v) is 8.84. The van der Waals surface area contributed by atoms with Gasteiger partial charge in [-0.1, -0.05) is 0 Å². The minimum atomic E-state index is -0.860. The molecule has 0 atom stereocenters. The van der Waals surface area contributed by atoms with Gasteiger partial charge >= 0.3 is 11.9 Å². The summed E-state index contributed by atoms with van der Waals surface area (Å²) in [5.41, 5.74) is -0.279. The number of halogens is 1. The number of esters is 2. The highest BCUT2D eigenvalue weighted by molar-refractivity contribution is 6.01. The Morgan fingerprint density at radius 2 is 1.66 bits per heavy atom. The van der Waals surface area contributed by atoms with E-state index in [1.165, 1.54) is 32.4 Å². The first-order chi connectivity index (χ1) is 13.5. The number of carbonyl (C=O) groups excluding carboxylic acids is 3. The SMILES string of the molecule is COC(=O)c1cc(NC(=O)C2(n3cccn3)CCNCC2)cc(C(=O)OC)c1.Cl. The number of hydrogen-bond acceptors (Lipinski definition) is 7. The molecule has 0 bridgehead atoms. The van der Waals surface area contributed by atoms with Crippen LogP contribution in [0.15, 0.2) is 36.7 Å². The summed E-state index contributed by atoms with van der Waals surface area (Å²) in [6, 6.07) is 6.06. The van der Waals surface area contributed by atoms with Crippen molar-refractivity contribution in [3.8, 4) is 0 Å². The first-order valence-electron chi connectivity index (χ1n) is 8.84. The fraction of sp³-hybridized carbons (Fsp3) is 0.368. The number of carbonyl (C=O) groups is 3. The van der Waals surface area contributed by atoms with Crippen LogP contribution >= 0.6 is 12.4 Å². The van der Waals surface area contributed by atoms with Crippen LogP contribution in [0, 0.1) is 0 Å². The number of rotatable bonds is 5. The predicted molar refractivity (Wildman–Crippen MR) is 107 cm³/mol. The Hall–Kier alpha value is -2.91. The van der Waals surface area contributed by atoms with Crippen LogP contribution in [-0.2, 0) is 19.8 Å². The van der Waals surface area contributed by atoms with E-state index in [1.807, 2.05) is 0 Å². The van der Waals surface area contributed by atoms with Crippen LogP contribution in [0.5, 0.6) is 0 Å². The molecule has 1 fully saturated rings. The molecule has 2 N–H and O–H groups in total.